The standard InChI is InChI=1S/C53H78N4O12/c1-48(25-59)15-16-51(47(66)67)17-18-52-12-5-4-9-30(37-31(23-58)45(65)57-39(37)29(10-7-19-54)34-22-55-27-56-34)38-41(63)44(69-46-42(64)40(62)35(61)24-68-46)49(2,26-60)36-11-14-53(52)13-6-8-28(43(53)50(36,38)3)20-32(52)33(51)21-48/h20,22,27-31,33,35-44,46,58-64H,5-8,10-19,21,23-26,54H2,1-3H3,(H,55,56)(H,57,65)(H,66,67)/t28-,29+,30-,31+,33-,35+,36+,37+,38+,39-,40-,41+,42+,43+,44+,46-,48-,49-,50+,51-,52+,53+/m0/s1. The number of H-pyrrole nitrogens is 1. The minimum absolute atomic E-state index is 0.0177. The highest BCUT2D eigenvalue weighted by molar-refractivity contribution is 5.82. The summed E-state index contributed by atoms with van der Waals surface area (Å²) < 4.78 is 12.7. The predicted octanol–water partition coefficient (Wildman–Crippen LogP) is 2.59. The number of aliphatic hydroxyl groups is 7. The maximum atomic E-state index is 14.4. The molecule has 2 aliphatic heterocycles. The number of fused-ring (bicyclic) bond motifs is 2. The molecule has 5 saturated carbocycles. The van der Waals surface area contributed by atoms with Crippen molar-refractivity contribution in [2.75, 3.05) is 33.0 Å². The third-order valence-electron chi connectivity index (χ3n) is 21.6. The first-order chi connectivity index (χ1) is 33.0. The molecule has 5 bridgehead atoms. The van der Waals surface area contributed by atoms with Crippen LogP contribution in [0.3, 0.4) is 0 Å². The minimum Gasteiger partial charge on any atom is -0.481 e. The summed E-state index contributed by atoms with van der Waals surface area (Å²) in [5.41, 5.74) is 4.08. The average molecular weight is 963 g/mol. The number of hydrogen-bond donors (Lipinski definition) is 11. The lowest BCUT2D eigenvalue weighted by molar-refractivity contribution is -0.348. The maximum absolute atomic E-state index is 14.4. The second-order valence-corrected chi connectivity index (χ2v) is 24.3. The van der Waals surface area contributed by atoms with Crippen LogP contribution in [0.4, 0.5) is 0 Å². The number of amides is 1. The minimum atomic E-state index is -1.67. The molecule has 69 heavy (non-hydrogen) atoms. The molecule has 1 spiro atoms. The zero-order valence-corrected chi connectivity index (χ0v) is 40.6. The Kier molecular flexibility index (Phi) is 12.9. The van der Waals surface area contributed by atoms with Gasteiger partial charge in [-0.3, -0.25) is 9.59 Å². The lowest BCUT2D eigenvalue weighted by atomic mass is 9.27. The summed E-state index contributed by atoms with van der Waals surface area (Å²) in [5.74, 6) is 2.40. The summed E-state index contributed by atoms with van der Waals surface area (Å²) >= 11 is 0. The lowest BCUT2D eigenvalue weighted by Gasteiger charge is -2.77. The number of rotatable bonds is 12. The summed E-state index contributed by atoms with van der Waals surface area (Å²) in [7, 11) is 0. The van der Waals surface area contributed by atoms with Crippen LogP contribution in [-0.4, -0.2) is 139 Å². The Morgan fingerprint density at radius 1 is 1.00 bits per heavy atom. The van der Waals surface area contributed by atoms with Gasteiger partial charge in [0.1, 0.15) is 18.3 Å². The van der Waals surface area contributed by atoms with Crippen LogP contribution in [0.25, 0.3) is 0 Å². The van der Waals surface area contributed by atoms with Crippen molar-refractivity contribution in [3.63, 3.8) is 0 Å². The molecule has 9 aliphatic rings. The molecule has 382 valence electrons. The molecule has 10 rings (SSSR count). The number of aromatic amines is 1. The Labute approximate surface area is 405 Å². The van der Waals surface area contributed by atoms with Crippen LogP contribution in [-0.2, 0) is 19.1 Å². The molecule has 1 aromatic rings. The number of carbonyl (C=O) groups excluding carboxylic acids is 1. The van der Waals surface area contributed by atoms with Crippen molar-refractivity contribution in [2.45, 2.75) is 159 Å². The number of imidazole rings is 1. The van der Waals surface area contributed by atoms with Crippen molar-refractivity contribution in [3.05, 3.63) is 29.9 Å². The first-order valence-electron chi connectivity index (χ1n) is 26.2. The van der Waals surface area contributed by atoms with E-state index in [1.807, 2.05) is 6.92 Å². The summed E-state index contributed by atoms with van der Waals surface area (Å²) in [6.45, 7) is 5.57. The van der Waals surface area contributed by atoms with Gasteiger partial charge in [-0.1, -0.05) is 44.8 Å². The van der Waals surface area contributed by atoms with Crippen LogP contribution in [0.2, 0.25) is 0 Å². The van der Waals surface area contributed by atoms with Gasteiger partial charge in [0.05, 0.1) is 49.7 Å². The van der Waals surface area contributed by atoms with Crippen LogP contribution in [0.15, 0.2) is 24.2 Å². The third-order valence-corrected chi connectivity index (χ3v) is 21.6. The number of ether oxygens (including phenoxy) is 2. The number of aliphatic carboxylic acids is 1. The van der Waals surface area contributed by atoms with Crippen LogP contribution in [0.1, 0.15) is 122 Å². The van der Waals surface area contributed by atoms with Gasteiger partial charge in [0.15, 0.2) is 6.29 Å². The average Bonchev–Trinajstić information content (AvgIpc) is 3.99. The molecule has 16 heteroatoms. The van der Waals surface area contributed by atoms with Gasteiger partial charge in [-0.2, -0.15) is 0 Å². The molecule has 1 amide bonds. The van der Waals surface area contributed by atoms with Crippen molar-refractivity contribution in [1.82, 2.24) is 15.3 Å². The number of allylic oxidation sites excluding steroid dienone is 2. The van der Waals surface area contributed by atoms with E-state index in [4.69, 9.17) is 15.2 Å². The smallest absolute Gasteiger partial charge is 0.310 e. The molecule has 0 unspecified atom stereocenters. The number of aromatic nitrogens is 2. The number of nitrogens with one attached hydrogen (secondary N) is 2. The Morgan fingerprint density at radius 2 is 1.78 bits per heavy atom. The van der Waals surface area contributed by atoms with E-state index in [0.29, 0.717) is 70.8 Å². The van der Waals surface area contributed by atoms with Gasteiger partial charge in [-0.15, -0.1) is 5.92 Å². The summed E-state index contributed by atoms with van der Waals surface area (Å²) in [5, 5.41) is 95.2. The van der Waals surface area contributed by atoms with Crippen molar-refractivity contribution < 1.29 is 59.9 Å². The number of nitrogens with zero attached hydrogens (tertiary/aromatic N) is 1. The largest absolute Gasteiger partial charge is 0.481 e. The van der Waals surface area contributed by atoms with Crippen LogP contribution < -0.4 is 11.1 Å². The van der Waals surface area contributed by atoms with Crippen LogP contribution in [0, 0.1) is 91.7 Å². The second-order valence-electron chi connectivity index (χ2n) is 24.3. The Bertz CT molecular complexity index is 2200. The molecule has 12 N–H and O–H groups in total. The zero-order valence-electron chi connectivity index (χ0n) is 40.6. The molecule has 3 heterocycles. The number of nitrogens with two attached hydrogens (primary N) is 1. The molecule has 7 aliphatic carbocycles. The molecule has 0 aromatic carbocycles. The first kappa shape index (κ1) is 49.6. The fraction of sp³-hybridized carbons (Fsp3) is 0.830. The van der Waals surface area contributed by atoms with E-state index in [-0.39, 0.29) is 54.1 Å². The SMILES string of the molecule is C[C@]1(CO)CC[C@]2(C(=O)O)CC[C@@]34CCC#C[C@@H]([C@H]5[C@H]([C@H](CCCN)c6cnc[nH]6)NC(=O)[C@@H]5CO)[C@@H]5[C@@H](O)[C@@H](O[C@@H]6OC[C@@H](O)[C@H](O)[C@H]6O)[C@@](C)(CO)[C@H]6CC[C@@]37CCC[C@@H](C=C4[C@@H]2C1)[C@@H]7[C@@]56C. The lowest BCUT2D eigenvalue weighted by Crippen LogP contribution is -2.75. The van der Waals surface area contributed by atoms with E-state index in [2.05, 4.69) is 47.0 Å². The molecule has 7 fully saturated rings. The van der Waals surface area contributed by atoms with Gasteiger partial charge in [-0.25, -0.2) is 4.98 Å². The highest BCUT2D eigenvalue weighted by Gasteiger charge is 2.78. The van der Waals surface area contributed by atoms with E-state index in [1.54, 1.807) is 12.5 Å². The highest BCUT2D eigenvalue weighted by Crippen LogP contribution is 2.81. The second kappa shape index (κ2) is 17.9. The van der Waals surface area contributed by atoms with Crippen molar-refractivity contribution in [3.8, 4) is 11.8 Å². The monoisotopic (exact) mass is 963 g/mol. The fourth-order valence-electron chi connectivity index (χ4n) is 18.6. The highest BCUT2D eigenvalue weighted by atomic mass is 16.7. The quantitative estimate of drug-likeness (QED) is 0.0817. The Hall–Kier alpha value is -2.95. The number of carboxylic acid groups (broad SMARTS) is 1. The molecule has 0 radical (unpaired) electrons. The van der Waals surface area contributed by atoms with Crippen LogP contribution >= 0.6 is 0 Å². The van der Waals surface area contributed by atoms with Crippen molar-refractivity contribution in [2.24, 2.45) is 85.6 Å². The number of carboxylic acids is 1. The molecule has 16 nitrogen and oxygen atoms in total. The molecule has 2 saturated heterocycles. The van der Waals surface area contributed by atoms with Gasteiger partial charge in [0.2, 0.25) is 5.91 Å². The molecule has 22 atom stereocenters. The maximum Gasteiger partial charge on any atom is 0.310 e. The van der Waals surface area contributed by atoms with Crippen molar-refractivity contribution >= 4 is 11.9 Å². The normalized spacial score (nSPS) is 50.3. The van der Waals surface area contributed by atoms with Gasteiger partial charge in [0, 0.05) is 60.0 Å². The predicted molar refractivity (Wildman–Crippen MR) is 250 cm³/mol. The number of carbonyl (C=O) groups is 2. The summed E-state index contributed by atoms with van der Waals surface area (Å²) in [6.07, 6.45) is 6.77. The zero-order chi connectivity index (χ0) is 49.1. The summed E-state index contributed by atoms with van der Waals surface area (Å²) in [6, 6.07) is -0.556. The molecular formula is C53H78N4O12. The van der Waals surface area contributed by atoms with E-state index in [1.165, 1.54) is 5.57 Å². The Balaban J connectivity index is 1.20. The van der Waals surface area contributed by atoms with Crippen LogP contribution in [0.5, 0.6) is 0 Å². The topological polar surface area (TPSA) is 281 Å². The third kappa shape index (κ3) is 7.01. The van der Waals surface area contributed by atoms with E-state index >= 15 is 0 Å². The number of hydrogen-bond acceptors (Lipinski definition) is 13. The first-order valence-corrected chi connectivity index (χ1v) is 26.2. The summed E-state index contributed by atoms with van der Waals surface area (Å²) in [4.78, 5) is 35.8. The Morgan fingerprint density at radius 3 is 2.48 bits per heavy atom. The fourth-order valence-corrected chi connectivity index (χ4v) is 18.6. The van der Waals surface area contributed by atoms with E-state index < -0.39 is 113 Å². The van der Waals surface area contributed by atoms with Gasteiger partial charge in [-0.05, 0) is 129 Å². The molecule has 1 aromatic heterocycles. The van der Waals surface area contributed by atoms with Gasteiger partial charge < -0.3 is 66.4 Å². The van der Waals surface area contributed by atoms with E-state index in [9.17, 15) is 50.4 Å². The van der Waals surface area contributed by atoms with Gasteiger partial charge >= 0.3 is 5.97 Å². The molecular weight excluding hydrogens is 885 g/mol. The van der Waals surface area contributed by atoms with Gasteiger partial charge in [0.25, 0.3) is 0 Å². The van der Waals surface area contributed by atoms with E-state index in [0.717, 1.165) is 31.4 Å². The number of aliphatic hydroxyl groups excluding tert-OH is 7. The van der Waals surface area contributed by atoms with Crippen molar-refractivity contribution in [1.29, 1.82) is 0 Å².